The fourth-order valence-corrected chi connectivity index (χ4v) is 4.05. The molecule has 0 saturated heterocycles. The molecule has 0 spiro atoms. The lowest BCUT2D eigenvalue weighted by atomic mass is 9.77. The van der Waals surface area contributed by atoms with E-state index in [2.05, 4.69) is 51.8 Å². The Morgan fingerprint density at radius 1 is 1.45 bits per heavy atom. The van der Waals surface area contributed by atoms with Crippen LogP contribution in [0.3, 0.4) is 0 Å². The molecule has 1 N–H and O–H groups in total. The highest BCUT2D eigenvalue weighted by atomic mass is 79.9. The van der Waals surface area contributed by atoms with Crippen molar-refractivity contribution in [3.8, 4) is 0 Å². The number of rotatable bonds is 6. The van der Waals surface area contributed by atoms with Crippen LogP contribution < -0.4 is 5.32 Å². The van der Waals surface area contributed by atoms with Crippen LogP contribution >= 0.6 is 15.9 Å². The minimum atomic E-state index is 0.439. The van der Waals surface area contributed by atoms with Gasteiger partial charge in [0.15, 0.2) is 0 Å². The maximum absolute atomic E-state index is 4.51. The molecule has 3 nitrogen and oxygen atoms in total. The molecule has 3 unspecified atom stereocenters. The third kappa shape index (κ3) is 3.64. The van der Waals surface area contributed by atoms with E-state index in [9.17, 15) is 0 Å². The molecule has 0 bridgehead atoms. The van der Waals surface area contributed by atoms with Crippen LogP contribution in [-0.4, -0.2) is 16.3 Å². The molecular weight excluding hydrogens is 314 g/mol. The number of nitrogens with one attached hydrogen (secondary N) is 1. The molecule has 1 heterocycles. The largest absolute Gasteiger partial charge is 0.308 e. The summed E-state index contributed by atoms with van der Waals surface area (Å²) >= 11 is 3.71. The normalized spacial score (nSPS) is 24.8. The zero-order valence-electron chi connectivity index (χ0n) is 13.0. The van der Waals surface area contributed by atoms with Crippen molar-refractivity contribution in [1.29, 1.82) is 0 Å². The molecular formula is C16H28BrN3. The van der Waals surface area contributed by atoms with E-state index in [-0.39, 0.29) is 0 Å². The van der Waals surface area contributed by atoms with Crippen LogP contribution in [0.2, 0.25) is 0 Å². The second-order valence-electron chi connectivity index (χ2n) is 6.16. The van der Waals surface area contributed by atoms with Crippen molar-refractivity contribution < 1.29 is 0 Å². The average Bonchev–Trinajstić information content (AvgIpc) is 2.81. The van der Waals surface area contributed by atoms with Gasteiger partial charge in [-0.25, -0.2) is 0 Å². The van der Waals surface area contributed by atoms with Gasteiger partial charge in [-0.05, 0) is 60.5 Å². The molecule has 1 aromatic rings. The van der Waals surface area contributed by atoms with Gasteiger partial charge < -0.3 is 5.32 Å². The summed E-state index contributed by atoms with van der Waals surface area (Å²) in [6.07, 6.45) is 8.57. The first-order valence-corrected chi connectivity index (χ1v) is 8.91. The molecule has 0 amide bonds. The maximum Gasteiger partial charge on any atom is 0.0698 e. The Bertz CT molecular complexity index is 416. The van der Waals surface area contributed by atoms with E-state index in [1.165, 1.54) is 37.8 Å². The van der Waals surface area contributed by atoms with E-state index < -0.39 is 0 Å². The molecule has 4 heteroatoms. The van der Waals surface area contributed by atoms with Crippen LogP contribution in [-0.2, 0) is 6.54 Å². The summed E-state index contributed by atoms with van der Waals surface area (Å²) in [5.41, 5.74) is 1.35. The van der Waals surface area contributed by atoms with E-state index >= 15 is 0 Å². The molecule has 1 aliphatic carbocycles. The molecule has 1 aliphatic rings. The van der Waals surface area contributed by atoms with Gasteiger partial charge in [0.05, 0.1) is 22.4 Å². The van der Waals surface area contributed by atoms with E-state index in [0.29, 0.717) is 6.04 Å². The molecule has 0 radical (unpaired) electrons. The molecule has 114 valence electrons. The molecule has 20 heavy (non-hydrogen) atoms. The van der Waals surface area contributed by atoms with Crippen molar-refractivity contribution in [3.05, 3.63) is 16.4 Å². The zero-order valence-corrected chi connectivity index (χ0v) is 14.6. The van der Waals surface area contributed by atoms with Crippen LogP contribution in [0.1, 0.15) is 64.6 Å². The maximum atomic E-state index is 4.51. The molecule has 0 aromatic carbocycles. The first-order valence-electron chi connectivity index (χ1n) is 8.11. The summed E-state index contributed by atoms with van der Waals surface area (Å²) in [4.78, 5) is 0. The Hall–Kier alpha value is -0.350. The highest BCUT2D eigenvalue weighted by molar-refractivity contribution is 9.10. The highest BCUT2D eigenvalue weighted by Crippen LogP contribution is 2.39. The quantitative estimate of drug-likeness (QED) is 0.823. The predicted molar refractivity (Wildman–Crippen MR) is 87.8 cm³/mol. The highest BCUT2D eigenvalue weighted by Gasteiger charge is 2.30. The van der Waals surface area contributed by atoms with E-state index in [1.54, 1.807) is 0 Å². The van der Waals surface area contributed by atoms with Crippen LogP contribution in [0.5, 0.6) is 0 Å². The number of halogens is 1. The number of aryl methyl sites for hydroxylation is 1. The van der Waals surface area contributed by atoms with Crippen LogP contribution in [0.4, 0.5) is 0 Å². The summed E-state index contributed by atoms with van der Waals surface area (Å²) in [7, 11) is 0. The third-order valence-electron chi connectivity index (χ3n) is 4.49. The lowest BCUT2D eigenvalue weighted by Crippen LogP contribution is -2.33. The topological polar surface area (TPSA) is 29.9 Å². The predicted octanol–water partition coefficient (Wildman–Crippen LogP) is 4.53. The van der Waals surface area contributed by atoms with Gasteiger partial charge in [-0.15, -0.1) is 0 Å². The summed E-state index contributed by atoms with van der Waals surface area (Å²) in [5, 5.41) is 8.29. The van der Waals surface area contributed by atoms with Crippen molar-refractivity contribution in [1.82, 2.24) is 15.1 Å². The van der Waals surface area contributed by atoms with Crippen LogP contribution in [0.25, 0.3) is 0 Å². The molecule has 1 fully saturated rings. The zero-order chi connectivity index (χ0) is 14.5. The van der Waals surface area contributed by atoms with Crippen LogP contribution in [0, 0.1) is 11.8 Å². The molecule has 2 rings (SSSR count). The Morgan fingerprint density at radius 2 is 2.25 bits per heavy atom. The minimum absolute atomic E-state index is 0.439. The standard InChI is InChI=1S/C16H28BrN3/c1-4-9-18-15(13-8-6-7-12(3)10-13)16-14(17)11-19-20(16)5-2/h11-13,15,18H,4-10H2,1-3H3. The second-order valence-corrected chi connectivity index (χ2v) is 7.01. The van der Waals surface area contributed by atoms with Crippen molar-refractivity contribution in [2.45, 2.75) is 65.5 Å². The average molecular weight is 342 g/mol. The van der Waals surface area contributed by atoms with Crippen LogP contribution in [0.15, 0.2) is 10.7 Å². The Labute approximate surface area is 131 Å². The summed E-state index contributed by atoms with van der Waals surface area (Å²) in [6.45, 7) is 8.82. The van der Waals surface area contributed by atoms with E-state index in [1.807, 2.05) is 6.20 Å². The fraction of sp³-hybridized carbons (Fsp3) is 0.812. The number of nitrogens with zero attached hydrogens (tertiary/aromatic N) is 2. The second kappa shape index (κ2) is 7.60. The Kier molecular flexibility index (Phi) is 6.09. The smallest absolute Gasteiger partial charge is 0.0698 e. The monoisotopic (exact) mass is 341 g/mol. The lowest BCUT2D eigenvalue weighted by molar-refractivity contribution is 0.216. The van der Waals surface area contributed by atoms with Gasteiger partial charge in [-0.2, -0.15) is 5.10 Å². The summed E-state index contributed by atoms with van der Waals surface area (Å²) < 4.78 is 3.31. The van der Waals surface area contributed by atoms with E-state index in [4.69, 9.17) is 0 Å². The molecule has 3 atom stereocenters. The molecule has 0 aliphatic heterocycles. The van der Waals surface area contributed by atoms with Crippen molar-refractivity contribution in [2.75, 3.05) is 6.54 Å². The lowest BCUT2D eigenvalue weighted by Gasteiger charge is -2.34. The molecule has 1 saturated carbocycles. The summed E-state index contributed by atoms with van der Waals surface area (Å²) in [6, 6.07) is 0.439. The van der Waals surface area contributed by atoms with Gasteiger partial charge in [0, 0.05) is 6.54 Å². The minimum Gasteiger partial charge on any atom is -0.308 e. The van der Waals surface area contributed by atoms with Gasteiger partial charge in [0.2, 0.25) is 0 Å². The summed E-state index contributed by atoms with van der Waals surface area (Å²) in [5.74, 6) is 1.60. The SMILES string of the molecule is CCCNC(c1c(Br)cnn1CC)C1CCCC(C)C1. The fourth-order valence-electron chi connectivity index (χ4n) is 3.50. The number of hydrogen-bond donors (Lipinski definition) is 1. The van der Waals surface area contributed by atoms with Crippen molar-refractivity contribution in [3.63, 3.8) is 0 Å². The Balaban J connectivity index is 2.23. The first-order chi connectivity index (χ1) is 9.67. The Morgan fingerprint density at radius 3 is 2.90 bits per heavy atom. The van der Waals surface area contributed by atoms with Gasteiger partial charge in [-0.3, -0.25) is 4.68 Å². The van der Waals surface area contributed by atoms with Crippen molar-refractivity contribution in [2.24, 2.45) is 11.8 Å². The third-order valence-corrected chi connectivity index (χ3v) is 5.10. The first kappa shape index (κ1) is 16.0. The number of aromatic nitrogens is 2. The number of hydrogen-bond acceptors (Lipinski definition) is 2. The molecule has 1 aromatic heterocycles. The van der Waals surface area contributed by atoms with Gasteiger partial charge in [0.25, 0.3) is 0 Å². The van der Waals surface area contributed by atoms with Gasteiger partial charge in [-0.1, -0.05) is 26.7 Å². The van der Waals surface area contributed by atoms with Gasteiger partial charge >= 0.3 is 0 Å². The van der Waals surface area contributed by atoms with Gasteiger partial charge in [0.1, 0.15) is 0 Å². The van der Waals surface area contributed by atoms with Crippen molar-refractivity contribution >= 4 is 15.9 Å². The van der Waals surface area contributed by atoms with E-state index in [0.717, 1.165) is 29.4 Å².